The highest BCUT2D eigenvalue weighted by molar-refractivity contribution is 5.90. The number of carboxylic acid groups (broad SMARTS) is 1. The van der Waals surface area contributed by atoms with Crippen molar-refractivity contribution in [3.8, 4) is 11.5 Å². The summed E-state index contributed by atoms with van der Waals surface area (Å²) in [6.07, 6.45) is -0.132. The summed E-state index contributed by atoms with van der Waals surface area (Å²) in [5.41, 5.74) is 3.13. The molecule has 2 aromatic carbocycles. The number of fused-ring (bicyclic) bond motifs is 1. The lowest BCUT2D eigenvalue weighted by atomic mass is 10.1. The molecule has 1 aromatic heterocycles. The number of carboxylic acids is 1. The Hall–Kier alpha value is -3.02. The van der Waals surface area contributed by atoms with Gasteiger partial charge in [0.05, 0.1) is 25.7 Å². The largest absolute Gasteiger partial charge is 0.494 e. The predicted molar refractivity (Wildman–Crippen MR) is 101 cm³/mol. The molecule has 0 radical (unpaired) electrons. The molecule has 27 heavy (non-hydrogen) atoms. The van der Waals surface area contributed by atoms with Crippen molar-refractivity contribution in [3.63, 3.8) is 0 Å². The van der Waals surface area contributed by atoms with E-state index in [0.29, 0.717) is 29.6 Å². The Labute approximate surface area is 156 Å². The van der Waals surface area contributed by atoms with Gasteiger partial charge < -0.3 is 19.1 Å². The van der Waals surface area contributed by atoms with Gasteiger partial charge in [0.15, 0.2) is 11.6 Å². The van der Waals surface area contributed by atoms with Gasteiger partial charge in [-0.3, -0.25) is 4.79 Å². The minimum Gasteiger partial charge on any atom is -0.494 e. The first-order chi connectivity index (χ1) is 12.9. The molecule has 142 valence electrons. The zero-order valence-corrected chi connectivity index (χ0v) is 15.6. The first kappa shape index (κ1) is 18.8. The average Bonchev–Trinajstić information content (AvgIpc) is 2.87. The lowest BCUT2D eigenvalue weighted by molar-refractivity contribution is -0.136. The number of nitrogens with zero attached hydrogens (tertiary/aromatic N) is 1. The van der Waals surface area contributed by atoms with Crippen molar-refractivity contribution < 1.29 is 23.8 Å². The highest BCUT2D eigenvalue weighted by Crippen LogP contribution is 2.32. The second kappa shape index (κ2) is 7.70. The molecule has 6 heteroatoms. The van der Waals surface area contributed by atoms with Crippen LogP contribution < -0.4 is 9.47 Å². The number of carbonyl (C=O) groups is 1. The van der Waals surface area contributed by atoms with Gasteiger partial charge in [-0.25, -0.2) is 4.39 Å². The van der Waals surface area contributed by atoms with Crippen LogP contribution in [0.4, 0.5) is 4.39 Å². The number of aromatic nitrogens is 1. The Bertz CT molecular complexity index is 976. The molecular formula is C21H22FNO4. The molecule has 3 aromatic rings. The van der Waals surface area contributed by atoms with E-state index in [1.54, 1.807) is 6.07 Å². The van der Waals surface area contributed by atoms with Gasteiger partial charge in [0, 0.05) is 23.7 Å². The maximum absolute atomic E-state index is 14.3. The van der Waals surface area contributed by atoms with Gasteiger partial charge in [0.25, 0.3) is 0 Å². The Balaban J connectivity index is 2.09. The number of aliphatic carboxylic acids is 1. The number of ether oxygens (including phenoxy) is 2. The van der Waals surface area contributed by atoms with Crippen LogP contribution in [-0.2, 0) is 17.8 Å². The van der Waals surface area contributed by atoms with Crippen LogP contribution in [0, 0.1) is 12.7 Å². The molecule has 0 unspecified atom stereocenters. The van der Waals surface area contributed by atoms with E-state index < -0.39 is 11.8 Å². The van der Waals surface area contributed by atoms with Crippen molar-refractivity contribution >= 4 is 16.9 Å². The van der Waals surface area contributed by atoms with E-state index in [9.17, 15) is 14.3 Å². The number of halogens is 1. The van der Waals surface area contributed by atoms with Crippen molar-refractivity contribution in [2.45, 2.75) is 26.8 Å². The lowest BCUT2D eigenvalue weighted by Gasteiger charge is -2.11. The Morgan fingerprint density at radius 2 is 1.93 bits per heavy atom. The van der Waals surface area contributed by atoms with E-state index in [1.165, 1.54) is 13.2 Å². The molecule has 1 N–H and O–H groups in total. The molecule has 0 saturated carbocycles. The zero-order chi connectivity index (χ0) is 19.6. The van der Waals surface area contributed by atoms with Gasteiger partial charge >= 0.3 is 5.97 Å². The SMILES string of the molecule is CCOc1ccc(Cn2c(C)c(CC(=O)O)c3cc(OC)c(F)cc32)cc1. The van der Waals surface area contributed by atoms with Crippen molar-refractivity contribution in [1.82, 2.24) is 4.57 Å². The maximum atomic E-state index is 14.3. The number of hydrogen-bond donors (Lipinski definition) is 1. The molecule has 0 amide bonds. The second-order valence-electron chi connectivity index (χ2n) is 6.30. The second-order valence-corrected chi connectivity index (χ2v) is 6.30. The summed E-state index contributed by atoms with van der Waals surface area (Å²) in [6, 6.07) is 10.7. The minimum absolute atomic E-state index is 0.104. The van der Waals surface area contributed by atoms with Crippen LogP contribution in [0.1, 0.15) is 23.7 Å². The van der Waals surface area contributed by atoms with Gasteiger partial charge in [-0.15, -0.1) is 0 Å². The highest BCUT2D eigenvalue weighted by Gasteiger charge is 2.19. The van der Waals surface area contributed by atoms with Crippen molar-refractivity contribution in [3.05, 3.63) is 59.0 Å². The fourth-order valence-electron chi connectivity index (χ4n) is 3.32. The van der Waals surface area contributed by atoms with E-state index >= 15 is 0 Å². The van der Waals surface area contributed by atoms with Gasteiger partial charge in [0.2, 0.25) is 0 Å². The van der Waals surface area contributed by atoms with E-state index in [2.05, 4.69) is 0 Å². The van der Waals surface area contributed by atoms with Gasteiger partial charge in [-0.1, -0.05) is 12.1 Å². The summed E-state index contributed by atoms with van der Waals surface area (Å²) < 4.78 is 26.8. The third kappa shape index (κ3) is 3.74. The third-order valence-electron chi connectivity index (χ3n) is 4.63. The number of hydrogen-bond acceptors (Lipinski definition) is 3. The molecule has 0 aliphatic heterocycles. The van der Waals surface area contributed by atoms with Crippen LogP contribution in [0.5, 0.6) is 11.5 Å². The molecule has 0 fully saturated rings. The first-order valence-electron chi connectivity index (χ1n) is 8.73. The van der Waals surface area contributed by atoms with Gasteiger partial charge in [-0.2, -0.15) is 0 Å². The molecule has 1 heterocycles. The zero-order valence-electron chi connectivity index (χ0n) is 15.6. The predicted octanol–water partition coefficient (Wildman–Crippen LogP) is 4.17. The number of methoxy groups -OCH3 is 1. The fraction of sp³-hybridized carbons (Fsp3) is 0.286. The van der Waals surface area contributed by atoms with Crippen LogP contribution in [0.15, 0.2) is 36.4 Å². The van der Waals surface area contributed by atoms with E-state index in [0.717, 1.165) is 17.0 Å². The van der Waals surface area contributed by atoms with E-state index in [1.807, 2.05) is 42.7 Å². The van der Waals surface area contributed by atoms with Crippen LogP contribution in [0.3, 0.4) is 0 Å². The molecule has 0 spiro atoms. The summed E-state index contributed by atoms with van der Waals surface area (Å²) in [7, 11) is 1.39. The molecular weight excluding hydrogens is 349 g/mol. The average molecular weight is 371 g/mol. The third-order valence-corrected chi connectivity index (χ3v) is 4.63. The molecule has 5 nitrogen and oxygen atoms in total. The van der Waals surface area contributed by atoms with Gasteiger partial charge in [0.1, 0.15) is 5.75 Å². The van der Waals surface area contributed by atoms with E-state index in [4.69, 9.17) is 9.47 Å². The first-order valence-corrected chi connectivity index (χ1v) is 8.73. The standard InChI is InChI=1S/C21H22FNO4/c1-4-27-15-7-5-14(6-8-15)12-23-13(2)16(10-21(24)25)17-9-20(26-3)18(22)11-19(17)23/h5-9,11H,4,10,12H2,1-3H3,(H,24,25). The molecule has 0 bridgehead atoms. The normalized spacial score (nSPS) is 11.0. The van der Waals surface area contributed by atoms with Crippen LogP contribution in [0.25, 0.3) is 10.9 Å². The number of benzene rings is 2. The van der Waals surface area contributed by atoms with Crippen LogP contribution >= 0.6 is 0 Å². The Kier molecular flexibility index (Phi) is 5.35. The summed E-state index contributed by atoms with van der Waals surface area (Å²) in [4.78, 5) is 11.3. The Morgan fingerprint density at radius 1 is 1.22 bits per heavy atom. The summed E-state index contributed by atoms with van der Waals surface area (Å²) in [5, 5.41) is 9.98. The smallest absolute Gasteiger partial charge is 0.307 e. The quantitative estimate of drug-likeness (QED) is 0.677. The van der Waals surface area contributed by atoms with Crippen molar-refractivity contribution in [1.29, 1.82) is 0 Å². The topological polar surface area (TPSA) is 60.7 Å². The molecule has 0 aliphatic rings. The van der Waals surface area contributed by atoms with Crippen LogP contribution in [-0.4, -0.2) is 29.4 Å². The lowest BCUT2D eigenvalue weighted by Crippen LogP contribution is -2.05. The summed E-state index contributed by atoms with van der Waals surface area (Å²) in [6.45, 7) is 4.88. The van der Waals surface area contributed by atoms with Crippen LogP contribution in [0.2, 0.25) is 0 Å². The van der Waals surface area contributed by atoms with E-state index in [-0.39, 0.29) is 12.2 Å². The minimum atomic E-state index is -0.929. The molecule has 0 saturated heterocycles. The number of rotatable bonds is 7. The Morgan fingerprint density at radius 3 is 2.52 bits per heavy atom. The summed E-state index contributed by atoms with van der Waals surface area (Å²) >= 11 is 0. The van der Waals surface area contributed by atoms with Crippen molar-refractivity contribution in [2.24, 2.45) is 0 Å². The highest BCUT2D eigenvalue weighted by atomic mass is 19.1. The summed E-state index contributed by atoms with van der Waals surface area (Å²) in [5.74, 6) is -0.510. The molecule has 0 aliphatic carbocycles. The molecule has 3 rings (SSSR count). The molecule has 0 atom stereocenters. The van der Waals surface area contributed by atoms with Crippen molar-refractivity contribution in [2.75, 3.05) is 13.7 Å². The monoisotopic (exact) mass is 371 g/mol. The fourth-order valence-corrected chi connectivity index (χ4v) is 3.32. The maximum Gasteiger partial charge on any atom is 0.307 e. The van der Waals surface area contributed by atoms with Gasteiger partial charge in [-0.05, 0) is 43.2 Å².